The molecule has 5 aromatic rings. The van der Waals surface area contributed by atoms with E-state index in [1.807, 2.05) is 48.5 Å². The number of aromatic hydroxyl groups is 2. The van der Waals surface area contributed by atoms with Crippen molar-refractivity contribution in [2.75, 3.05) is 53.1 Å². The van der Waals surface area contributed by atoms with Crippen molar-refractivity contribution in [1.29, 1.82) is 0 Å². The minimum absolute atomic E-state index is 0.0486. The van der Waals surface area contributed by atoms with Crippen LogP contribution in [0.15, 0.2) is 103 Å². The first-order chi connectivity index (χ1) is 31.9. The zero-order valence-corrected chi connectivity index (χ0v) is 37.4. The van der Waals surface area contributed by atoms with Gasteiger partial charge in [0.2, 0.25) is 11.8 Å². The third-order valence-corrected chi connectivity index (χ3v) is 13.0. The van der Waals surface area contributed by atoms with E-state index in [2.05, 4.69) is 10.6 Å². The van der Waals surface area contributed by atoms with Crippen LogP contribution in [0.3, 0.4) is 0 Å². The molecule has 0 saturated heterocycles. The molecule has 0 aliphatic carbocycles. The minimum atomic E-state index is -0.407. The Morgan fingerprint density at radius 3 is 1.76 bits per heavy atom. The number of carbonyl (C=O) groups excluding carboxylic acids is 6. The summed E-state index contributed by atoms with van der Waals surface area (Å²) in [6.45, 7) is 0.992. The van der Waals surface area contributed by atoms with Crippen molar-refractivity contribution in [1.82, 2.24) is 10.2 Å². The van der Waals surface area contributed by atoms with Crippen molar-refractivity contribution in [3.05, 3.63) is 125 Å². The van der Waals surface area contributed by atoms with E-state index >= 15 is 0 Å². The van der Waals surface area contributed by atoms with Gasteiger partial charge in [0.05, 0.1) is 11.4 Å². The molecule has 2 atom stereocenters. The number of carbonyl (C=O) groups is 6. The summed E-state index contributed by atoms with van der Waals surface area (Å²) >= 11 is 12.8. The lowest BCUT2D eigenvalue weighted by molar-refractivity contribution is -0.137. The summed E-state index contributed by atoms with van der Waals surface area (Å²) in [7, 11) is 0. The number of amides is 6. The maximum atomic E-state index is 13.9. The van der Waals surface area contributed by atoms with Crippen LogP contribution in [0, 0.1) is 0 Å². The first kappa shape index (κ1) is 45.6. The van der Waals surface area contributed by atoms with Gasteiger partial charge in [0.25, 0.3) is 23.6 Å². The van der Waals surface area contributed by atoms with Crippen molar-refractivity contribution in [3.8, 4) is 11.5 Å². The number of imide groups is 1. The van der Waals surface area contributed by atoms with E-state index in [-0.39, 0.29) is 84.0 Å². The Hall–Kier alpha value is -6.96. The summed E-state index contributed by atoms with van der Waals surface area (Å²) in [5.41, 5.74) is 4.36. The topological polar surface area (TPSA) is 177 Å². The number of benzene rings is 5. The van der Waals surface area contributed by atoms with E-state index in [0.29, 0.717) is 77.9 Å². The lowest BCUT2D eigenvalue weighted by atomic mass is 9.95. The molecule has 13 nitrogen and oxygen atoms in total. The van der Waals surface area contributed by atoms with Crippen molar-refractivity contribution in [2.45, 2.75) is 43.9 Å². The summed E-state index contributed by atoms with van der Waals surface area (Å²) in [6.07, 6.45) is 10.4. The second kappa shape index (κ2) is 20.1. The lowest BCUT2D eigenvalue weighted by Gasteiger charge is -2.17. The van der Waals surface area contributed by atoms with Gasteiger partial charge >= 0.3 is 0 Å². The van der Waals surface area contributed by atoms with E-state index in [0.717, 1.165) is 21.9 Å². The van der Waals surface area contributed by atoms with Gasteiger partial charge in [-0.2, -0.15) is 0 Å². The predicted molar refractivity (Wildman–Crippen MR) is 258 cm³/mol. The van der Waals surface area contributed by atoms with Crippen LogP contribution in [-0.2, 0) is 28.8 Å². The second-order valence-corrected chi connectivity index (χ2v) is 17.1. The van der Waals surface area contributed by atoms with Gasteiger partial charge < -0.3 is 30.6 Å². The standard InChI is InChI=1S/C51H47Cl2N5O8/c52-27-33-29-57(40-25-42(59)35-8-3-5-10-37(35)50(33)40)48(65)17-14-31-13-15-32(16-18-49(66)58-30-34(28-53)51-38-11-6-4-9-36(38)43(60)26-41(51)58)39(24-31)55-45(62)21-22-54-44(61)12-2-1-7-23-56-46(63)19-20-47(56)64/h3-6,8-11,13-20,24-26,33-34,59-60H,1-2,7,12,21-23,27-30H2,(H,54,61)(H,55,62)/t33-,34-/m1/s1. The number of unbranched alkanes of at least 4 members (excludes halogenated alkanes) is 2. The predicted octanol–water partition coefficient (Wildman–Crippen LogP) is 8.10. The van der Waals surface area contributed by atoms with E-state index in [9.17, 15) is 39.0 Å². The van der Waals surface area contributed by atoms with E-state index in [4.69, 9.17) is 23.2 Å². The molecule has 0 unspecified atom stereocenters. The molecule has 3 aliphatic heterocycles. The van der Waals surface area contributed by atoms with E-state index < -0.39 is 5.91 Å². The monoisotopic (exact) mass is 927 g/mol. The fourth-order valence-electron chi connectivity index (χ4n) is 8.96. The van der Waals surface area contributed by atoms with Gasteiger partial charge in [0.1, 0.15) is 11.5 Å². The zero-order chi connectivity index (χ0) is 46.5. The quantitative estimate of drug-likeness (QED) is 0.0332. The maximum Gasteiger partial charge on any atom is 0.253 e. The number of phenolic OH excluding ortho intramolecular Hbond substituents is 2. The molecule has 0 aromatic heterocycles. The molecule has 66 heavy (non-hydrogen) atoms. The Morgan fingerprint density at radius 1 is 0.652 bits per heavy atom. The van der Waals surface area contributed by atoms with Gasteiger partial charge in [-0.05, 0) is 64.1 Å². The fraction of sp³-hybridized carbons (Fsp3) is 0.255. The highest BCUT2D eigenvalue weighted by atomic mass is 35.5. The third-order valence-electron chi connectivity index (χ3n) is 12.2. The average molecular weight is 929 g/mol. The van der Waals surface area contributed by atoms with Crippen LogP contribution >= 0.6 is 23.2 Å². The Balaban J connectivity index is 0.970. The van der Waals surface area contributed by atoms with Gasteiger partial charge in [-0.25, -0.2) is 0 Å². The number of fused-ring (bicyclic) bond motifs is 6. The molecule has 0 saturated carbocycles. The Bertz CT molecular complexity index is 2860. The molecular weight excluding hydrogens is 881 g/mol. The second-order valence-electron chi connectivity index (χ2n) is 16.5. The largest absolute Gasteiger partial charge is 0.507 e. The molecule has 15 heteroatoms. The van der Waals surface area contributed by atoms with Crippen LogP contribution in [0.1, 0.15) is 66.2 Å². The summed E-state index contributed by atoms with van der Waals surface area (Å²) in [4.78, 5) is 81.5. The summed E-state index contributed by atoms with van der Waals surface area (Å²) in [5.74, 6) is -1.66. The van der Waals surface area contributed by atoms with Crippen molar-refractivity contribution < 1.29 is 39.0 Å². The number of hydrogen-bond acceptors (Lipinski definition) is 8. The van der Waals surface area contributed by atoms with Crippen LogP contribution in [-0.4, -0.2) is 88.5 Å². The molecular formula is C51H47Cl2N5O8. The molecule has 0 radical (unpaired) electrons. The van der Waals surface area contributed by atoms with Crippen molar-refractivity contribution >= 4 is 109 Å². The number of hydrogen-bond donors (Lipinski definition) is 4. The normalized spacial score (nSPS) is 16.6. The Labute approximate surface area is 390 Å². The Morgan fingerprint density at radius 2 is 1.20 bits per heavy atom. The van der Waals surface area contributed by atoms with E-state index in [1.54, 1.807) is 52.3 Å². The average Bonchev–Trinajstić information content (AvgIpc) is 3.99. The number of anilines is 3. The van der Waals surface area contributed by atoms with Crippen molar-refractivity contribution in [3.63, 3.8) is 0 Å². The molecule has 0 bridgehead atoms. The molecule has 0 spiro atoms. The molecule has 3 heterocycles. The SMILES string of the molecule is O=C(CCCCCN1C(=O)C=CC1=O)NCCC(=O)Nc1cc(C=CC(=O)N2C[C@@H](CCl)c3c2cc(O)c2ccccc32)ccc1C=CC(=O)N1C[C@@H](CCl)c2c1cc(O)c1ccccc21. The third kappa shape index (κ3) is 9.54. The maximum absolute atomic E-state index is 13.9. The number of alkyl halides is 2. The lowest BCUT2D eigenvalue weighted by Crippen LogP contribution is -2.31. The molecule has 6 amide bonds. The highest BCUT2D eigenvalue weighted by Gasteiger charge is 2.35. The molecule has 4 N–H and O–H groups in total. The summed E-state index contributed by atoms with van der Waals surface area (Å²) < 4.78 is 0. The van der Waals surface area contributed by atoms with Crippen LogP contribution in [0.5, 0.6) is 11.5 Å². The number of phenols is 2. The highest BCUT2D eigenvalue weighted by Crippen LogP contribution is 2.46. The van der Waals surface area contributed by atoms with Gasteiger partial charge in [0, 0.05) is 116 Å². The highest BCUT2D eigenvalue weighted by molar-refractivity contribution is 6.20. The number of rotatable bonds is 16. The van der Waals surface area contributed by atoms with Crippen LogP contribution < -0.4 is 20.4 Å². The summed E-state index contributed by atoms with van der Waals surface area (Å²) in [5, 5.41) is 30.4. The first-order valence-electron chi connectivity index (χ1n) is 21.8. The first-order valence-corrected chi connectivity index (χ1v) is 22.9. The van der Waals surface area contributed by atoms with Gasteiger partial charge in [-0.3, -0.25) is 33.7 Å². The molecule has 8 rings (SSSR count). The number of nitrogens with zero attached hydrogens (tertiary/aromatic N) is 3. The van der Waals surface area contributed by atoms with Crippen LogP contribution in [0.25, 0.3) is 33.7 Å². The van der Waals surface area contributed by atoms with E-state index in [1.165, 1.54) is 29.2 Å². The zero-order valence-electron chi connectivity index (χ0n) is 35.8. The van der Waals surface area contributed by atoms with Crippen LogP contribution in [0.4, 0.5) is 17.1 Å². The number of nitrogens with one attached hydrogen (secondary N) is 2. The fourth-order valence-corrected chi connectivity index (χ4v) is 9.47. The van der Waals surface area contributed by atoms with Crippen molar-refractivity contribution in [2.24, 2.45) is 0 Å². The summed E-state index contributed by atoms with van der Waals surface area (Å²) in [6, 6.07) is 23.2. The van der Waals surface area contributed by atoms with Gasteiger partial charge in [-0.1, -0.05) is 67.1 Å². The molecule has 338 valence electrons. The molecule has 5 aromatic carbocycles. The van der Waals surface area contributed by atoms with Crippen LogP contribution in [0.2, 0.25) is 0 Å². The Kier molecular flexibility index (Phi) is 13.9. The van der Waals surface area contributed by atoms with Gasteiger partial charge in [-0.15, -0.1) is 23.2 Å². The minimum Gasteiger partial charge on any atom is -0.507 e. The molecule has 0 fully saturated rings. The molecule has 3 aliphatic rings. The smallest absolute Gasteiger partial charge is 0.253 e. The number of halogens is 2. The van der Waals surface area contributed by atoms with Gasteiger partial charge in [0.15, 0.2) is 0 Å².